The van der Waals surface area contributed by atoms with Gasteiger partial charge in [0.15, 0.2) is 0 Å². The van der Waals surface area contributed by atoms with Gasteiger partial charge in [-0.3, -0.25) is 0 Å². The number of nitrogens with one attached hydrogen (secondary N) is 2. The lowest BCUT2D eigenvalue weighted by Crippen LogP contribution is -2.11. The Balaban J connectivity index is 1.97. The van der Waals surface area contributed by atoms with Gasteiger partial charge in [-0.15, -0.1) is 0 Å². The number of hydrogen-bond acceptors (Lipinski definition) is 5. The normalized spacial score (nSPS) is 10.5. The second-order valence-electron chi connectivity index (χ2n) is 4.53. The lowest BCUT2D eigenvalue weighted by atomic mass is 10.1. The van der Waals surface area contributed by atoms with Crippen LogP contribution in [0.25, 0.3) is 10.8 Å². The molecule has 20 heavy (non-hydrogen) atoms. The van der Waals surface area contributed by atoms with Crippen LogP contribution in [-0.2, 0) is 0 Å². The second kappa shape index (κ2) is 5.14. The van der Waals surface area contributed by atoms with Crippen LogP contribution in [0, 0.1) is 6.92 Å². The largest absolute Gasteiger partial charge is 0.340 e. The summed E-state index contributed by atoms with van der Waals surface area (Å²) in [7, 11) is 0. The molecule has 0 saturated heterocycles. The van der Waals surface area contributed by atoms with E-state index in [9.17, 15) is 0 Å². The van der Waals surface area contributed by atoms with Gasteiger partial charge in [-0.05, 0) is 29.8 Å². The Morgan fingerprint density at radius 1 is 0.950 bits per heavy atom. The molecule has 0 radical (unpaired) electrons. The molecule has 3 aromatic rings. The topological polar surface area (TPSA) is 75.9 Å². The summed E-state index contributed by atoms with van der Waals surface area (Å²) >= 11 is 0. The Hall–Kier alpha value is -2.66. The summed E-state index contributed by atoms with van der Waals surface area (Å²) in [5.41, 5.74) is 4.42. The summed E-state index contributed by atoms with van der Waals surface area (Å²) < 4.78 is 0. The van der Waals surface area contributed by atoms with Crippen LogP contribution >= 0.6 is 0 Å². The van der Waals surface area contributed by atoms with Crippen LogP contribution in [-0.4, -0.2) is 9.97 Å². The van der Waals surface area contributed by atoms with Crippen molar-refractivity contribution in [3.05, 3.63) is 54.4 Å². The van der Waals surface area contributed by atoms with E-state index in [1.807, 2.05) is 25.1 Å². The van der Waals surface area contributed by atoms with Crippen LogP contribution < -0.4 is 16.6 Å². The van der Waals surface area contributed by atoms with Crippen LogP contribution in [0.15, 0.2) is 48.8 Å². The predicted octanol–water partition coefficient (Wildman–Crippen LogP) is 2.97. The van der Waals surface area contributed by atoms with E-state index in [0.717, 1.165) is 17.1 Å². The monoisotopic (exact) mass is 265 g/mol. The molecule has 0 aliphatic heterocycles. The fourth-order valence-corrected chi connectivity index (χ4v) is 2.13. The molecule has 2 aromatic carbocycles. The van der Waals surface area contributed by atoms with E-state index in [0.29, 0.717) is 5.82 Å². The third kappa shape index (κ3) is 2.26. The number of rotatable bonds is 3. The second-order valence-corrected chi connectivity index (χ2v) is 4.53. The highest BCUT2D eigenvalue weighted by Gasteiger charge is 2.06. The van der Waals surface area contributed by atoms with Gasteiger partial charge >= 0.3 is 0 Å². The molecule has 0 bridgehead atoms. The lowest BCUT2D eigenvalue weighted by Gasteiger charge is -2.11. The molecule has 5 heteroatoms. The van der Waals surface area contributed by atoms with E-state index >= 15 is 0 Å². The van der Waals surface area contributed by atoms with Crippen molar-refractivity contribution in [2.24, 2.45) is 5.84 Å². The molecule has 0 amide bonds. The number of hydrogen-bond donors (Lipinski definition) is 3. The number of nitrogen functional groups attached to an aromatic ring is 1. The van der Waals surface area contributed by atoms with Crippen molar-refractivity contribution in [3.8, 4) is 0 Å². The van der Waals surface area contributed by atoms with Crippen LogP contribution in [0.3, 0.4) is 0 Å². The Labute approximate surface area is 116 Å². The van der Waals surface area contributed by atoms with Gasteiger partial charge in [0, 0.05) is 11.3 Å². The first-order valence-electron chi connectivity index (χ1n) is 6.32. The first-order chi connectivity index (χ1) is 9.78. The maximum Gasteiger partial charge on any atom is 0.148 e. The van der Waals surface area contributed by atoms with Gasteiger partial charge in [0.1, 0.15) is 18.0 Å². The zero-order valence-corrected chi connectivity index (χ0v) is 11.1. The maximum atomic E-state index is 5.42. The zero-order valence-electron chi connectivity index (χ0n) is 11.1. The number of nitrogens with two attached hydrogens (primary N) is 1. The van der Waals surface area contributed by atoms with E-state index < -0.39 is 0 Å². The molecule has 100 valence electrons. The van der Waals surface area contributed by atoms with Crippen molar-refractivity contribution in [2.75, 3.05) is 10.7 Å². The summed E-state index contributed by atoms with van der Waals surface area (Å²) in [4.78, 5) is 8.31. The lowest BCUT2D eigenvalue weighted by molar-refractivity contribution is 1.11. The third-order valence-electron chi connectivity index (χ3n) is 3.23. The van der Waals surface area contributed by atoms with Gasteiger partial charge in [-0.1, -0.05) is 30.3 Å². The molecule has 0 atom stereocenters. The number of aromatic nitrogens is 2. The van der Waals surface area contributed by atoms with Crippen LogP contribution in [0.4, 0.5) is 17.3 Å². The standard InChI is InChI=1S/C15H15N5/c1-10-14(17-9-18-15(10)20-16)19-13-7-6-11-4-2-3-5-12(11)8-13/h2-9H,16H2,1H3,(H2,17,18,19,20). The van der Waals surface area contributed by atoms with E-state index in [4.69, 9.17) is 5.84 Å². The minimum absolute atomic E-state index is 0.614. The van der Waals surface area contributed by atoms with Gasteiger partial charge in [0.25, 0.3) is 0 Å². The number of nitrogens with zero attached hydrogens (tertiary/aromatic N) is 2. The van der Waals surface area contributed by atoms with E-state index in [-0.39, 0.29) is 0 Å². The quantitative estimate of drug-likeness (QED) is 0.501. The fourth-order valence-electron chi connectivity index (χ4n) is 2.13. The summed E-state index contributed by atoms with van der Waals surface area (Å²) in [5, 5.41) is 5.68. The molecule has 5 nitrogen and oxygen atoms in total. The average Bonchev–Trinajstić information content (AvgIpc) is 2.49. The average molecular weight is 265 g/mol. The Kier molecular flexibility index (Phi) is 3.18. The smallest absolute Gasteiger partial charge is 0.148 e. The van der Waals surface area contributed by atoms with Crippen molar-refractivity contribution >= 4 is 28.1 Å². The SMILES string of the molecule is Cc1c(NN)ncnc1Nc1ccc2ccccc2c1. The van der Waals surface area contributed by atoms with Gasteiger partial charge < -0.3 is 10.7 Å². The highest BCUT2D eigenvalue weighted by atomic mass is 15.3. The first kappa shape index (κ1) is 12.4. The highest BCUT2D eigenvalue weighted by molar-refractivity contribution is 5.86. The summed E-state index contributed by atoms with van der Waals surface area (Å²) in [6.45, 7) is 1.92. The summed E-state index contributed by atoms with van der Waals surface area (Å²) in [6, 6.07) is 14.4. The fraction of sp³-hybridized carbons (Fsp3) is 0.0667. The number of anilines is 3. The molecule has 0 aliphatic rings. The minimum Gasteiger partial charge on any atom is -0.340 e. The molecule has 0 unspecified atom stereocenters. The maximum absolute atomic E-state index is 5.42. The van der Waals surface area contributed by atoms with Gasteiger partial charge in [-0.2, -0.15) is 0 Å². The van der Waals surface area contributed by atoms with Gasteiger partial charge in [-0.25, -0.2) is 15.8 Å². The summed E-state index contributed by atoms with van der Waals surface area (Å²) in [6.07, 6.45) is 1.48. The Morgan fingerprint density at radius 3 is 2.50 bits per heavy atom. The molecule has 4 N–H and O–H groups in total. The van der Waals surface area contributed by atoms with Gasteiger partial charge in [0.05, 0.1) is 0 Å². The van der Waals surface area contributed by atoms with Crippen LogP contribution in [0.2, 0.25) is 0 Å². The van der Waals surface area contributed by atoms with E-state index in [2.05, 4.69) is 45.0 Å². The predicted molar refractivity (Wildman–Crippen MR) is 81.8 cm³/mol. The zero-order chi connectivity index (χ0) is 13.9. The van der Waals surface area contributed by atoms with Gasteiger partial charge in [0.2, 0.25) is 0 Å². The van der Waals surface area contributed by atoms with Crippen molar-refractivity contribution in [3.63, 3.8) is 0 Å². The van der Waals surface area contributed by atoms with Crippen molar-refractivity contribution in [2.45, 2.75) is 6.92 Å². The Morgan fingerprint density at radius 2 is 1.70 bits per heavy atom. The molecule has 0 aliphatic carbocycles. The van der Waals surface area contributed by atoms with E-state index in [1.165, 1.54) is 17.1 Å². The number of fused-ring (bicyclic) bond motifs is 1. The molecule has 1 aromatic heterocycles. The molecular weight excluding hydrogens is 250 g/mol. The minimum atomic E-state index is 0.614. The molecule has 0 saturated carbocycles. The van der Waals surface area contributed by atoms with Crippen molar-refractivity contribution in [1.82, 2.24) is 9.97 Å². The van der Waals surface area contributed by atoms with E-state index in [1.54, 1.807) is 0 Å². The molecule has 3 rings (SSSR count). The molecular formula is C15H15N5. The van der Waals surface area contributed by atoms with Crippen molar-refractivity contribution < 1.29 is 0 Å². The molecule has 1 heterocycles. The van der Waals surface area contributed by atoms with Crippen LogP contribution in [0.5, 0.6) is 0 Å². The van der Waals surface area contributed by atoms with Crippen molar-refractivity contribution in [1.29, 1.82) is 0 Å². The molecule has 0 spiro atoms. The van der Waals surface area contributed by atoms with Crippen LogP contribution in [0.1, 0.15) is 5.56 Å². The highest BCUT2D eigenvalue weighted by Crippen LogP contribution is 2.24. The third-order valence-corrected chi connectivity index (χ3v) is 3.23. The Bertz CT molecular complexity index is 754. The number of hydrazine groups is 1. The summed E-state index contributed by atoms with van der Waals surface area (Å²) in [5.74, 6) is 6.77. The number of benzene rings is 2. The molecule has 0 fully saturated rings. The first-order valence-corrected chi connectivity index (χ1v) is 6.32.